The molecule has 1 atom stereocenters. The van der Waals surface area contributed by atoms with Crippen molar-refractivity contribution >= 4 is 39.0 Å². The van der Waals surface area contributed by atoms with Crippen LogP contribution in [0.15, 0.2) is 50.8 Å². The molecule has 0 amide bonds. The molecule has 0 aliphatic carbocycles. The van der Waals surface area contributed by atoms with Crippen LogP contribution in [0.25, 0.3) is 22.1 Å². The summed E-state index contributed by atoms with van der Waals surface area (Å²) >= 11 is -1.32. The summed E-state index contributed by atoms with van der Waals surface area (Å²) in [6, 6.07) is 11.2. The van der Waals surface area contributed by atoms with E-state index in [-0.39, 0.29) is 0 Å². The number of oxazole rings is 1. The molecule has 2 heterocycles. The Morgan fingerprint density at radius 3 is 2.80 bits per heavy atom. The minimum Gasteiger partial charge on any atom is -0.609 e. The summed E-state index contributed by atoms with van der Waals surface area (Å²) in [5.74, 6) is -0.145. The highest BCUT2D eigenvalue weighted by molar-refractivity contribution is 7.90. The van der Waals surface area contributed by atoms with Gasteiger partial charge < -0.3 is 13.9 Å². The molecule has 7 nitrogen and oxygen atoms in total. The van der Waals surface area contributed by atoms with E-state index < -0.39 is 16.9 Å². The van der Waals surface area contributed by atoms with E-state index in [4.69, 9.17) is 4.42 Å². The predicted molar refractivity (Wildman–Crippen MR) is 97.4 cm³/mol. The smallest absolute Gasteiger partial charge is 0.417 e. The Hall–Kier alpha value is -2.71. The van der Waals surface area contributed by atoms with Crippen LogP contribution in [0.1, 0.15) is 5.56 Å². The number of rotatable bonds is 4. The molecule has 25 heavy (non-hydrogen) atoms. The fourth-order valence-electron chi connectivity index (χ4n) is 2.82. The van der Waals surface area contributed by atoms with Crippen LogP contribution in [0.2, 0.25) is 0 Å². The molecule has 0 spiro atoms. The van der Waals surface area contributed by atoms with Gasteiger partial charge in [-0.15, -0.1) is 0 Å². The van der Waals surface area contributed by atoms with Crippen molar-refractivity contribution in [3.8, 4) is 0 Å². The lowest BCUT2D eigenvalue weighted by molar-refractivity contribution is 0.555. The van der Waals surface area contributed by atoms with E-state index in [9.17, 15) is 9.35 Å². The molecule has 2 aromatic heterocycles. The Bertz CT molecular complexity index is 1060. The Morgan fingerprint density at radius 1 is 1.20 bits per heavy atom. The molecule has 4 rings (SSSR count). The minimum atomic E-state index is -1.32. The molecule has 0 fully saturated rings. The monoisotopic (exact) mass is 356 g/mol. The van der Waals surface area contributed by atoms with Crippen molar-refractivity contribution in [2.45, 2.75) is 10.9 Å². The number of H-pyrrole nitrogens is 2. The number of para-hydroxylation sites is 1. The highest BCUT2D eigenvalue weighted by Gasteiger charge is 2.20. The van der Waals surface area contributed by atoms with Crippen LogP contribution in [-0.4, -0.2) is 33.6 Å². The van der Waals surface area contributed by atoms with Crippen LogP contribution in [0.4, 0.5) is 5.69 Å². The quantitative estimate of drug-likeness (QED) is 0.547. The topological polar surface area (TPSA) is 101 Å². The molecule has 0 radical (unpaired) electrons. The standard InChI is InChI=1S/C17H16N4O3S/c1-21(2)14-6-4-3-5-10(14)9-25(23)16-18-11-7-13-15(8-12(11)19-16)24-17(22)20-13/h3-8H,9H2,1-2H3,(H,18,19)(H,20,22). The lowest BCUT2D eigenvalue weighted by Crippen LogP contribution is -2.14. The maximum atomic E-state index is 12.8. The molecule has 0 saturated heterocycles. The number of imidazole rings is 1. The Labute approximate surface area is 145 Å². The lowest BCUT2D eigenvalue weighted by atomic mass is 10.2. The third kappa shape index (κ3) is 2.90. The van der Waals surface area contributed by atoms with E-state index in [0.29, 0.717) is 33.0 Å². The SMILES string of the molecule is CN(C)c1ccccc1C[S+]([O-])c1nc2cc3oc(=O)[nH]c3cc2[nH]1. The zero-order valence-electron chi connectivity index (χ0n) is 13.7. The zero-order valence-corrected chi connectivity index (χ0v) is 14.5. The number of fused-ring (bicyclic) bond motifs is 2. The fraction of sp³-hybridized carbons (Fsp3) is 0.176. The highest BCUT2D eigenvalue weighted by Crippen LogP contribution is 2.25. The maximum Gasteiger partial charge on any atom is 0.417 e. The molecular formula is C17H16N4O3S. The molecule has 2 aromatic carbocycles. The van der Waals surface area contributed by atoms with E-state index in [1.54, 1.807) is 12.1 Å². The van der Waals surface area contributed by atoms with Gasteiger partial charge in [-0.25, -0.2) is 4.79 Å². The van der Waals surface area contributed by atoms with Gasteiger partial charge >= 0.3 is 10.9 Å². The molecule has 8 heteroatoms. The molecule has 1 unspecified atom stereocenters. The molecule has 2 N–H and O–H groups in total. The van der Waals surface area contributed by atoms with Crippen LogP contribution >= 0.6 is 0 Å². The van der Waals surface area contributed by atoms with Crippen molar-refractivity contribution in [2.75, 3.05) is 19.0 Å². The third-order valence-electron chi connectivity index (χ3n) is 3.98. The first kappa shape index (κ1) is 15.8. The van der Waals surface area contributed by atoms with Crippen LogP contribution < -0.4 is 10.7 Å². The van der Waals surface area contributed by atoms with E-state index in [1.165, 1.54) is 0 Å². The summed E-state index contributed by atoms with van der Waals surface area (Å²) in [6.07, 6.45) is 0. The van der Waals surface area contributed by atoms with Gasteiger partial charge in [0.1, 0.15) is 5.75 Å². The minimum absolute atomic E-state index is 0.362. The molecule has 0 bridgehead atoms. The number of nitrogens with one attached hydrogen (secondary N) is 2. The number of hydrogen-bond acceptors (Lipinski definition) is 5. The first-order valence-electron chi connectivity index (χ1n) is 7.67. The Morgan fingerprint density at radius 2 is 2.00 bits per heavy atom. The van der Waals surface area contributed by atoms with Crippen LogP contribution in [0.3, 0.4) is 0 Å². The number of nitrogens with zero attached hydrogens (tertiary/aromatic N) is 2. The first-order chi connectivity index (χ1) is 12.0. The first-order valence-corrected chi connectivity index (χ1v) is 8.99. The van der Waals surface area contributed by atoms with Gasteiger partial charge in [0.2, 0.25) is 0 Å². The van der Waals surface area contributed by atoms with Crippen molar-refractivity contribution in [3.63, 3.8) is 0 Å². The molecule has 4 aromatic rings. The number of anilines is 1. The van der Waals surface area contributed by atoms with Crippen molar-refractivity contribution in [1.29, 1.82) is 0 Å². The average Bonchev–Trinajstić information content (AvgIpc) is 3.14. The summed E-state index contributed by atoms with van der Waals surface area (Å²) in [4.78, 5) is 23.3. The summed E-state index contributed by atoms with van der Waals surface area (Å²) < 4.78 is 17.8. The van der Waals surface area contributed by atoms with Gasteiger partial charge in [0.15, 0.2) is 5.58 Å². The van der Waals surface area contributed by atoms with Gasteiger partial charge in [-0.1, -0.05) is 18.2 Å². The van der Waals surface area contributed by atoms with Crippen LogP contribution in [0.5, 0.6) is 0 Å². The second-order valence-corrected chi connectivity index (χ2v) is 7.30. The van der Waals surface area contributed by atoms with E-state index in [1.807, 2.05) is 43.3 Å². The Balaban J connectivity index is 1.68. The number of aromatic amines is 2. The van der Waals surface area contributed by atoms with Gasteiger partial charge in [0.25, 0.3) is 0 Å². The zero-order chi connectivity index (χ0) is 17.6. The van der Waals surface area contributed by atoms with E-state index >= 15 is 0 Å². The number of benzene rings is 2. The van der Waals surface area contributed by atoms with E-state index in [2.05, 4.69) is 15.0 Å². The molecule has 0 saturated carbocycles. The summed E-state index contributed by atoms with van der Waals surface area (Å²) in [7, 11) is 3.91. The molecule has 0 aliphatic heterocycles. The largest absolute Gasteiger partial charge is 0.609 e. The normalized spacial score (nSPS) is 12.8. The van der Waals surface area contributed by atoms with Crippen LogP contribution in [0, 0.1) is 0 Å². The molecule has 0 aliphatic rings. The molecular weight excluding hydrogens is 340 g/mol. The summed E-state index contributed by atoms with van der Waals surface area (Å²) in [5.41, 5.74) is 4.34. The van der Waals surface area contributed by atoms with Crippen molar-refractivity contribution < 1.29 is 8.97 Å². The molecule has 128 valence electrons. The predicted octanol–water partition coefficient (Wildman–Crippen LogP) is 2.37. The van der Waals surface area contributed by atoms with Gasteiger partial charge in [-0.2, -0.15) is 4.98 Å². The van der Waals surface area contributed by atoms with Gasteiger partial charge in [0.05, 0.1) is 16.6 Å². The second-order valence-electron chi connectivity index (χ2n) is 5.93. The third-order valence-corrected chi connectivity index (χ3v) is 5.17. The second kappa shape index (κ2) is 5.98. The maximum absolute atomic E-state index is 12.8. The summed E-state index contributed by atoms with van der Waals surface area (Å²) in [5, 5.41) is 0.401. The van der Waals surface area contributed by atoms with Gasteiger partial charge in [-0.3, -0.25) is 9.97 Å². The van der Waals surface area contributed by atoms with Gasteiger partial charge in [0, 0.05) is 42.6 Å². The van der Waals surface area contributed by atoms with Gasteiger partial charge in [-0.05, 0) is 12.1 Å². The summed E-state index contributed by atoms with van der Waals surface area (Å²) in [6.45, 7) is 0. The average molecular weight is 356 g/mol. The number of hydrogen-bond donors (Lipinski definition) is 2. The highest BCUT2D eigenvalue weighted by atomic mass is 32.2. The lowest BCUT2D eigenvalue weighted by Gasteiger charge is -2.17. The van der Waals surface area contributed by atoms with Crippen LogP contribution in [-0.2, 0) is 16.9 Å². The van der Waals surface area contributed by atoms with Crippen molar-refractivity contribution in [3.05, 3.63) is 52.5 Å². The fourth-order valence-corrected chi connectivity index (χ4v) is 3.91. The van der Waals surface area contributed by atoms with E-state index in [0.717, 1.165) is 11.3 Å². The van der Waals surface area contributed by atoms with Crippen molar-refractivity contribution in [1.82, 2.24) is 15.0 Å². The number of aromatic nitrogens is 3. The Kier molecular flexibility index (Phi) is 3.78. The van der Waals surface area contributed by atoms with Crippen molar-refractivity contribution in [2.24, 2.45) is 0 Å².